The molecule has 0 amide bonds. The molecule has 1 N–H and O–H groups in total. The van der Waals surface area contributed by atoms with E-state index in [0.29, 0.717) is 30.6 Å². The van der Waals surface area contributed by atoms with Crippen LogP contribution in [0.5, 0.6) is 0 Å². The lowest BCUT2D eigenvalue weighted by Crippen LogP contribution is -2.40. The molecule has 1 aromatic rings. The standard InChI is InChI=1S/C11H17N3O3/c1-7-13-9(14-17-7)5-6-12-10(8-3-4-8)11(15)16-2/h8,10,12H,3-6H2,1-2H3. The van der Waals surface area contributed by atoms with Gasteiger partial charge >= 0.3 is 5.97 Å². The Kier molecular flexibility index (Phi) is 3.73. The van der Waals surface area contributed by atoms with Crippen molar-refractivity contribution in [2.24, 2.45) is 5.92 Å². The number of nitrogens with zero attached hydrogens (tertiary/aromatic N) is 2. The number of aromatic nitrogens is 2. The number of aryl methyl sites for hydroxylation is 1. The van der Waals surface area contributed by atoms with Gasteiger partial charge in [0, 0.05) is 19.9 Å². The molecule has 1 atom stereocenters. The van der Waals surface area contributed by atoms with E-state index in [4.69, 9.17) is 9.26 Å². The van der Waals surface area contributed by atoms with Crippen LogP contribution in [0.4, 0.5) is 0 Å². The van der Waals surface area contributed by atoms with Crippen molar-refractivity contribution in [2.45, 2.75) is 32.2 Å². The maximum absolute atomic E-state index is 11.5. The summed E-state index contributed by atoms with van der Waals surface area (Å²) in [5, 5.41) is 6.99. The van der Waals surface area contributed by atoms with E-state index in [2.05, 4.69) is 15.5 Å². The number of hydrogen-bond donors (Lipinski definition) is 1. The van der Waals surface area contributed by atoms with Crippen molar-refractivity contribution in [1.29, 1.82) is 0 Å². The highest BCUT2D eigenvalue weighted by atomic mass is 16.5. The van der Waals surface area contributed by atoms with Crippen molar-refractivity contribution in [3.8, 4) is 0 Å². The first-order valence-corrected chi connectivity index (χ1v) is 5.81. The van der Waals surface area contributed by atoms with E-state index in [9.17, 15) is 4.79 Å². The van der Waals surface area contributed by atoms with E-state index >= 15 is 0 Å². The van der Waals surface area contributed by atoms with Crippen LogP contribution >= 0.6 is 0 Å². The maximum atomic E-state index is 11.5. The van der Waals surface area contributed by atoms with E-state index in [1.165, 1.54) is 7.11 Å². The van der Waals surface area contributed by atoms with Gasteiger partial charge < -0.3 is 14.6 Å². The quantitative estimate of drug-likeness (QED) is 0.727. The van der Waals surface area contributed by atoms with Gasteiger partial charge in [0.25, 0.3) is 0 Å². The highest BCUT2D eigenvalue weighted by molar-refractivity contribution is 5.76. The van der Waals surface area contributed by atoms with E-state index in [1.54, 1.807) is 6.92 Å². The van der Waals surface area contributed by atoms with Crippen LogP contribution in [0, 0.1) is 12.8 Å². The smallest absolute Gasteiger partial charge is 0.323 e. The van der Waals surface area contributed by atoms with Crippen LogP contribution in [-0.4, -0.2) is 35.8 Å². The highest BCUT2D eigenvalue weighted by Gasteiger charge is 2.36. The van der Waals surface area contributed by atoms with E-state index in [-0.39, 0.29) is 12.0 Å². The molecular weight excluding hydrogens is 222 g/mol. The molecule has 0 radical (unpaired) electrons. The zero-order valence-corrected chi connectivity index (χ0v) is 10.1. The van der Waals surface area contributed by atoms with Gasteiger partial charge in [-0.2, -0.15) is 4.98 Å². The minimum atomic E-state index is -0.187. The van der Waals surface area contributed by atoms with Gasteiger partial charge in [-0.1, -0.05) is 5.16 Å². The summed E-state index contributed by atoms with van der Waals surface area (Å²) in [5.74, 6) is 1.47. The highest BCUT2D eigenvalue weighted by Crippen LogP contribution is 2.33. The number of hydrogen-bond acceptors (Lipinski definition) is 6. The summed E-state index contributed by atoms with van der Waals surface area (Å²) >= 11 is 0. The Bertz CT molecular complexity index is 387. The third-order valence-electron chi connectivity index (χ3n) is 2.83. The second kappa shape index (κ2) is 5.27. The molecule has 1 aromatic heterocycles. The molecule has 1 unspecified atom stereocenters. The molecule has 1 aliphatic rings. The number of nitrogens with one attached hydrogen (secondary N) is 1. The summed E-state index contributed by atoms with van der Waals surface area (Å²) in [4.78, 5) is 15.6. The molecule has 0 spiro atoms. The van der Waals surface area contributed by atoms with E-state index in [0.717, 1.165) is 12.8 Å². The molecule has 0 saturated heterocycles. The predicted molar refractivity (Wildman–Crippen MR) is 59.3 cm³/mol. The van der Waals surface area contributed by atoms with Crippen molar-refractivity contribution in [3.63, 3.8) is 0 Å². The average molecular weight is 239 g/mol. The molecule has 6 nitrogen and oxygen atoms in total. The van der Waals surface area contributed by atoms with Crippen LogP contribution in [0.2, 0.25) is 0 Å². The normalized spacial score (nSPS) is 16.8. The van der Waals surface area contributed by atoms with Gasteiger partial charge in [0.05, 0.1) is 7.11 Å². The summed E-state index contributed by atoms with van der Waals surface area (Å²) in [5.41, 5.74) is 0. The number of carbonyl (C=O) groups is 1. The van der Waals surface area contributed by atoms with Crippen molar-refractivity contribution in [3.05, 3.63) is 11.7 Å². The lowest BCUT2D eigenvalue weighted by Gasteiger charge is -2.14. The molecule has 1 heterocycles. The molecule has 6 heteroatoms. The van der Waals surface area contributed by atoms with Crippen LogP contribution in [0.25, 0.3) is 0 Å². The fourth-order valence-corrected chi connectivity index (χ4v) is 1.78. The number of rotatable bonds is 6. The summed E-state index contributed by atoms with van der Waals surface area (Å²) in [6.45, 7) is 2.40. The number of ether oxygens (including phenoxy) is 1. The summed E-state index contributed by atoms with van der Waals surface area (Å²) in [6.07, 6.45) is 2.83. The molecule has 0 bridgehead atoms. The molecular formula is C11H17N3O3. The third kappa shape index (κ3) is 3.26. The van der Waals surface area contributed by atoms with Gasteiger partial charge in [-0.15, -0.1) is 0 Å². The first-order valence-electron chi connectivity index (χ1n) is 5.81. The second-order valence-corrected chi connectivity index (χ2v) is 4.27. The Morgan fingerprint density at radius 2 is 2.41 bits per heavy atom. The topological polar surface area (TPSA) is 77.2 Å². The Balaban J connectivity index is 1.77. The number of methoxy groups -OCH3 is 1. The minimum absolute atomic E-state index is 0.184. The van der Waals surface area contributed by atoms with Crippen LogP contribution in [0.15, 0.2) is 4.52 Å². The Morgan fingerprint density at radius 3 is 2.94 bits per heavy atom. The molecule has 1 saturated carbocycles. The Labute approximate surface area is 99.7 Å². The second-order valence-electron chi connectivity index (χ2n) is 4.27. The Morgan fingerprint density at radius 1 is 1.65 bits per heavy atom. The van der Waals surface area contributed by atoms with Crippen molar-refractivity contribution in [1.82, 2.24) is 15.5 Å². The molecule has 2 rings (SSSR count). The minimum Gasteiger partial charge on any atom is -0.468 e. The molecule has 94 valence electrons. The number of esters is 1. The van der Waals surface area contributed by atoms with Gasteiger partial charge in [0.2, 0.25) is 5.89 Å². The SMILES string of the molecule is COC(=O)C(NCCc1noc(C)n1)C1CC1. The van der Waals surface area contributed by atoms with Gasteiger partial charge in [0.15, 0.2) is 5.82 Å². The average Bonchev–Trinajstić information content (AvgIpc) is 3.07. The van der Waals surface area contributed by atoms with E-state index in [1.807, 2.05) is 0 Å². The Hall–Kier alpha value is -1.43. The van der Waals surface area contributed by atoms with Gasteiger partial charge in [-0.25, -0.2) is 0 Å². The van der Waals surface area contributed by atoms with Crippen LogP contribution in [-0.2, 0) is 16.0 Å². The first-order chi connectivity index (χ1) is 8.20. The monoisotopic (exact) mass is 239 g/mol. The molecule has 0 aromatic carbocycles. The largest absolute Gasteiger partial charge is 0.468 e. The first kappa shape index (κ1) is 12.0. The maximum Gasteiger partial charge on any atom is 0.323 e. The van der Waals surface area contributed by atoms with Crippen molar-refractivity contribution >= 4 is 5.97 Å². The number of carbonyl (C=O) groups excluding carboxylic acids is 1. The van der Waals surface area contributed by atoms with Crippen LogP contribution < -0.4 is 5.32 Å². The lowest BCUT2D eigenvalue weighted by molar-refractivity contribution is -0.143. The lowest BCUT2D eigenvalue weighted by atomic mass is 10.2. The fourth-order valence-electron chi connectivity index (χ4n) is 1.78. The predicted octanol–water partition coefficient (Wildman–Crippen LogP) is 0.462. The molecule has 17 heavy (non-hydrogen) atoms. The fraction of sp³-hybridized carbons (Fsp3) is 0.727. The van der Waals surface area contributed by atoms with Gasteiger partial charge in [-0.3, -0.25) is 4.79 Å². The van der Waals surface area contributed by atoms with Crippen LogP contribution in [0.3, 0.4) is 0 Å². The molecule has 1 fully saturated rings. The summed E-state index contributed by atoms with van der Waals surface area (Å²) in [6, 6.07) is -0.187. The third-order valence-corrected chi connectivity index (χ3v) is 2.83. The van der Waals surface area contributed by atoms with Crippen LogP contribution in [0.1, 0.15) is 24.6 Å². The zero-order valence-electron chi connectivity index (χ0n) is 10.1. The molecule has 1 aliphatic carbocycles. The zero-order chi connectivity index (χ0) is 12.3. The van der Waals surface area contributed by atoms with Gasteiger partial charge in [0.1, 0.15) is 6.04 Å². The van der Waals surface area contributed by atoms with Crippen molar-refractivity contribution < 1.29 is 14.1 Å². The van der Waals surface area contributed by atoms with E-state index < -0.39 is 0 Å². The molecule has 0 aliphatic heterocycles. The van der Waals surface area contributed by atoms with Gasteiger partial charge in [-0.05, 0) is 18.8 Å². The summed E-state index contributed by atoms with van der Waals surface area (Å²) < 4.78 is 9.64. The summed E-state index contributed by atoms with van der Waals surface area (Å²) in [7, 11) is 1.42. The van der Waals surface area contributed by atoms with Crippen molar-refractivity contribution in [2.75, 3.05) is 13.7 Å².